The number of hydrogen-bond donors (Lipinski definition) is 2. The molecule has 128 valence electrons. The van der Waals surface area contributed by atoms with Gasteiger partial charge in [0.1, 0.15) is 5.69 Å². The van der Waals surface area contributed by atoms with Crippen LogP contribution in [0.4, 0.5) is 17.1 Å². The molecule has 9 heteroatoms. The highest BCUT2D eigenvalue weighted by Gasteiger charge is 2.48. The second-order valence-electron chi connectivity index (χ2n) is 6.30. The van der Waals surface area contributed by atoms with Crippen molar-refractivity contribution in [1.82, 2.24) is 0 Å². The maximum absolute atomic E-state index is 11.1. The molecule has 1 aromatic rings. The summed E-state index contributed by atoms with van der Waals surface area (Å²) >= 11 is 0. The molecule has 0 aliphatic heterocycles. The molecule has 2 saturated carbocycles. The number of aliphatic hydroxyl groups is 1. The van der Waals surface area contributed by atoms with E-state index in [4.69, 9.17) is 0 Å². The fourth-order valence-corrected chi connectivity index (χ4v) is 3.82. The summed E-state index contributed by atoms with van der Waals surface area (Å²) in [5.41, 5.74) is 2.57. The van der Waals surface area contributed by atoms with Gasteiger partial charge in [0, 0.05) is 17.2 Å². The molecule has 0 heterocycles. The first-order valence-electron chi connectivity index (χ1n) is 7.88. The Morgan fingerprint density at radius 2 is 1.96 bits per heavy atom. The molecule has 0 bridgehead atoms. The summed E-state index contributed by atoms with van der Waals surface area (Å²) in [6, 6.07) is 3.40. The van der Waals surface area contributed by atoms with E-state index < -0.39 is 21.6 Å². The molecule has 1 aromatic carbocycles. The number of rotatable bonds is 4. The molecule has 0 amide bonds. The largest absolute Gasteiger partial charge is 0.392 e. The van der Waals surface area contributed by atoms with Gasteiger partial charge in [0.15, 0.2) is 0 Å². The van der Waals surface area contributed by atoms with Crippen LogP contribution in [0, 0.1) is 25.6 Å². The number of benzene rings is 1. The highest BCUT2D eigenvalue weighted by molar-refractivity contribution is 5.93. The summed E-state index contributed by atoms with van der Waals surface area (Å²) in [7, 11) is 0. The number of non-ortho nitro benzene ring substituents is 1. The smallest absolute Gasteiger partial charge is 0.301 e. The van der Waals surface area contributed by atoms with Gasteiger partial charge in [-0.05, 0) is 44.6 Å². The second kappa shape index (κ2) is 6.16. The molecule has 2 fully saturated rings. The molecule has 2 aliphatic carbocycles. The van der Waals surface area contributed by atoms with Crippen molar-refractivity contribution >= 4 is 22.8 Å². The van der Waals surface area contributed by atoms with Gasteiger partial charge < -0.3 is 5.11 Å². The third-order valence-corrected chi connectivity index (χ3v) is 5.05. The normalized spacial score (nSPS) is 27.7. The van der Waals surface area contributed by atoms with E-state index in [-0.39, 0.29) is 16.8 Å². The predicted octanol–water partition coefficient (Wildman–Crippen LogP) is 2.99. The molecule has 0 radical (unpaired) electrons. The number of anilines is 1. The fraction of sp³-hybridized carbons (Fsp3) is 0.533. The number of nitrogens with one attached hydrogen (secondary N) is 1. The SMILES string of the molecule is O=[N+]([O-])c1ccc(N/N=C2/CCC[C@@]23CCC[C@H]3O)c([N+](=O)[O-])c1. The molecular weight excluding hydrogens is 316 g/mol. The van der Waals surface area contributed by atoms with E-state index in [0.29, 0.717) is 0 Å². The zero-order chi connectivity index (χ0) is 17.3. The van der Waals surface area contributed by atoms with Crippen LogP contribution in [0.5, 0.6) is 0 Å². The summed E-state index contributed by atoms with van der Waals surface area (Å²) in [5, 5.41) is 36.5. The summed E-state index contributed by atoms with van der Waals surface area (Å²) in [4.78, 5) is 20.6. The van der Waals surface area contributed by atoms with Crippen LogP contribution >= 0.6 is 0 Å². The molecule has 2 N–H and O–H groups in total. The van der Waals surface area contributed by atoms with Crippen LogP contribution in [-0.4, -0.2) is 26.8 Å². The second-order valence-corrected chi connectivity index (χ2v) is 6.30. The van der Waals surface area contributed by atoms with Crippen molar-refractivity contribution in [2.24, 2.45) is 10.5 Å². The molecule has 2 atom stereocenters. The van der Waals surface area contributed by atoms with Gasteiger partial charge >= 0.3 is 5.69 Å². The van der Waals surface area contributed by atoms with Crippen LogP contribution in [0.15, 0.2) is 23.3 Å². The third-order valence-electron chi connectivity index (χ3n) is 5.05. The van der Waals surface area contributed by atoms with Gasteiger partial charge in [-0.1, -0.05) is 0 Å². The first kappa shape index (κ1) is 16.3. The third kappa shape index (κ3) is 2.71. The van der Waals surface area contributed by atoms with E-state index in [1.54, 1.807) is 0 Å². The summed E-state index contributed by atoms with van der Waals surface area (Å²) in [5.74, 6) is 0. The van der Waals surface area contributed by atoms with Gasteiger partial charge in [-0.2, -0.15) is 5.10 Å². The van der Waals surface area contributed by atoms with Crippen molar-refractivity contribution in [2.45, 2.75) is 44.6 Å². The maximum Gasteiger partial charge on any atom is 0.301 e. The van der Waals surface area contributed by atoms with Crippen LogP contribution in [-0.2, 0) is 0 Å². The summed E-state index contributed by atoms with van der Waals surface area (Å²) in [6.07, 6.45) is 4.68. The number of hydrazone groups is 1. The van der Waals surface area contributed by atoms with Crippen molar-refractivity contribution in [3.05, 3.63) is 38.4 Å². The van der Waals surface area contributed by atoms with Crippen molar-refractivity contribution in [3.8, 4) is 0 Å². The molecule has 0 aromatic heterocycles. The summed E-state index contributed by atoms with van der Waals surface area (Å²) < 4.78 is 0. The van der Waals surface area contributed by atoms with E-state index in [0.717, 1.165) is 50.3 Å². The van der Waals surface area contributed by atoms with Crippen molar-refractivity contribution in [2.75, 3.05) is 5.43 Å². The Balaban J connectivity index is 1.88. The molecule has 0 unspecified atom stereocenters. The van der Waals surface area contributed by atoms with Crippen LogP contribution in [0.1, 0.15) is 38.5 Å². The van der Waals surface area contributed by atoms with Crippen LogP contribution < -0.4 is 5.43 Å². The molecule has 1 spiro atoms. The van der Waals surface area contributed by atoms with E-state index in [2.05, 4.69) is 10.5 Å². The topological polar surface area (TPSA) is 131 Å². The zero-order valence-corrected chi connectivity index (χ0v) is 13.0. The Morgan fingerprint density at radius 1 is 1.21 bits per heavy atom. The highest BCUT2D eigenvalue weighted by atomic mass is 16.6. The average molecular weight is 334 g/mol. The van der Waals surface area contributed by atoms with E-state index in [9.17, 15) is 25.3 Å². The molecule has 2 aliphatic rings. The Bertz CT molecular complexity index is 716. The lowest BCUT2D eigenvalue weighted by Crippen LogP contribution is -2.34. The minimum atomic E-state index is -0.677. The van der Waals surface area contributed by atoms with Gasteiger partial charge in [0.25, 0.3) is 5.69 Å². The lowest BCUT2D eigenvalue weighted by molar-refractivity contribution is -0.393. The van der Waals surface area contributed by atoms with Gasteiger partial charge in [0.05, 0.1) is 22.0 Å². The Hall–Kier alpha value is -2.55. The van der Waals surface area contributed by atoms with Crippen LogP contribution in [0.3, 0.4) is 0 Å². The Morgan fingerprint density at radius 3 is 2.58 bits per heavy atom. The number of nitro benzene ring substituents is 2. The molecule has 9 nitrogen and oxygen atoms in total. The van der Waals surface area contributed by atoms with E-state index >= 15 is 0 Å². The van der Waals surface area contributed by atoms with Gasteiger partial charge in [-0.25, -0.2) is 0 Å². The lowest BCUT2D eigenvalue weighted by atomic mass is 9.81. The highest BCUT2D eigenvalue weighted by Crippen LogP contribution is 2.49. The molecular formula is C15H18N4O5. The maximum atomic E-state index is 11.1. The van der Waals surface area contributed by atoms with Crippen LogP contribution in [0.25, 0.3) is 0 Å². The minimum Gasteiger partial charge on any atom is -0.392 e. The molecule has 0 saturated heterocycles. The van der Waals surface area contributed by atoms with Crippen molar-refractivity contribution in [1.29, 1.82) is 0 Å². The standard InChI is InChI=1S/C15H18N4O5/c20-14-4-2-8-15(14)7-1-3-13(15)17-16-11-6-5-10(18(21)22)9-12(11)19(23)24/h5-6,9,14,16,20H,1-4,7-8H2/b17-13-/t14-,15-/m1/s1. The predicted molar refractivity (Wildman–Crippen MR) is 87.0 cm³/mol. The van der Waals surface area contributed by atoms with Crippen molar-refractivity contribution in [3.63, 3.8) is 0 Å². The molecule has 24 heavy (non-hydrogen) atoms. The first-order valence-corrected chi connectivity index (χ1v) is 7.88. The molecule has 3 rings (SSSR count). The number of nitro groups is 2. The monoisotopic (exact) mass is 334 g/mol. The van der Waals surface area contributed by atoms with E-state index in [1.165, 1.54) is 12.1 Å². The van der Waals surface area contributed by atoms with Gasteiger partial charge in [0.2, 0.25) is 0 Å². The number of nitrogens with zero attached hydrogens (tertiary/aromatic N) is 3. The fourth-order valence-electron chi connectivity index (χ4n) is 3.82. The minimum absolute atomic E-state index is 0.104. The lowest BCUT2D eigenvalue weighted by Gasteiger charge is -2.28. The quantitative estimate of drug-likeness (QED) is 0.643. The first-order chi connectivity index (χ1) is 11.4. The van der Waals surface area contributed by atoms with Gasteiger partial charge in [-0.3, -0.25) is 25.7 Å². The summed E-state index contributed by atoms with van der Waals surface area (Å²) in [6.45, 7) is 0. The average Bonchev–Trinajstić information content (AvgIpc) is 3.12. The van der Waals surface area contributed by atoms with Crippen molar-refractivity contribution < 1.29 is 15.0 Å². The van der Waals surface area contributed by atoms with E-state index in [1.807, 2.05) is 0 Å². The van der Waals surface area contributed by atoms with Gasteiger partial charge in [-0.15, -0.1) is 0 Å². The Kier molecular flexibility index (Phi) is 4.18. The number of hydrogen-bond acceptors (Lipinski definition) is 7. The Labute approximate surface area is 137 Å². The zero-order valence-electron chi connectivity index (χ0n) is 13.0. The van der Waals surface area contributed by atoms with Crippen LogP contribution in [0.2, 0.25) is 0 Å². The number of aliphatic hydroxyl groups excluding tert-OH is 1.